The van der Waals surface area contributed by atoms with Crippen molar-refractivity contribution >= 4 is 11.4 Å². The lowest BCUT2D eigenvalue weighted by atomic mass is 9.68. The molecule has 1 aliphatic rings. The first-order chi connectivity index (χ1) is 10.1. The van der Waals surface area contributed by atoms with Gasteiger partial charge < -0.3 is 5.32 Å². The maximum atomic E-state index is 3.60. The molecule has 2 aromatic rings. The summed E-state index contributed by atoms with van der Waals surface area (Å²) in [6.45, 7) is 9.44. The lowest BCUT2D eigenvalue weighted by molar-refractivity contribution is 0.258. The highest BCUT2D eigenvalue weighted by molar-refractivity contribution is 5.73. The summed E-state index contributed by atoms with van der Waals surface area (Å²) in [6, 6.07) is 17.6. The number of para-hydroxylation sites is 2. The fourth-order valence-corrected chi connectivity index (χ4v) is 4.03. The monoisotopic (exact) mass is 279 g/mol. The van der Waals surface area contributed by atoms with Gasteiger partial charge in [0.2, 0.25) is 0 Å². The van der Waals surface area contributed by atoms with Gasteiger partial charge >= 0.3 is 0 Å². The van der Waals surface area contributed by atoms with Crippen LogP contribution in [0.3, 0.4) is 0 Å². The van der Waals surface area contributed by atoms with Crippen molar-refractivity contribution < 1.29 is 0 Å². The summed E-state index contributed by atoms with van der Waals surface area (Å²) in [6.07, 6.45) is 0. The van der Waals surface area contributed by atoms with Gasteiger partial charge in [-0.15, -0.1) is 0 Å². The Morgan fingerprint density at radius 3 is 1.57 bits per heavy atom. The number of rotatable bonds is 3. The number of benzene rings is 2. The molecule has 0 saturated carbocycles. The number of fused-ring (bicyclic) bond motifs is 2. The molecule has 0 amide bonds. The van der Waals surface area contributed by atoms with Gasteiger partial charge in [-0.1, -0.05) is 64.1 Å². The quantitative estimate of drug-likeness (QED) is 0.748. The van der Waals surface area contributed by atoms with E-state index in [1.807, 2.05) is 0 Å². The zero-order valence-electron chi connectivity index (χ0n) is 13.4. The molecule has 1 heteroatoms. The molecule has 0 bridgehead atoms. The smallest absolute Gasteiger partial charge is 0.0423 e. The highest BCUT2D eigenvalue weighted by atomic mass is 14.9. The molecule has 0 unspecified atom stereocenters. The van der Waals surface area contributed by atoms with Crippen LogP contribution in [0.2, 0.25) is 0 Å². The van der Waals surface area contributed by atoms with Crippen molar-refractivity contribution in [2.24, 2.45) is 17.8 Å². The van der Waals surface area contributed by atoms with Gasteiger partial charge in [0, 0.05) is 17.3 Å². The van der Waals surface area contributed by atoms with Crippen LogP contribution in [-0.4, -0.2) is 0 Å². The number of hydrogen-bond donors (Lipinski definition) is 1. The SMILES string of the molecule is CC(C)C(C(C)C)C1c2ccccc2Nc2ccccc21. The summed E-state index contributed by atoms with van der Waals surface area (Å²) >= 11 is 0. The first-order valence-corrected chi connectivity index (χ1v) is 8.04. The molecule has 0 atom stereocenters. The normalized spacial score (nSPS) is 14.2. The molecular weight excluding hydrogens is 254 g/mol. The summed E-state index contributed by atoms with van der Waals surface area (Å²) in [5.74, 6) is 2.46. The molecule has 0 radical (unpaired) electrons. The fraction of sp³-hybridized carbons (Fsp3) is 0.400. The Kier molecular flexibility index (Phi) is 3.75. The highest BCUT2D eigenvalue weighted by Gasteiger charge is 2.34. The van der Waals surface area contributed by atoms with Crippen molar-refractivity contribution in [2.75, 3.05) is 5.32 Å². The average Bonchev–Trinajstić information content (AvgIpc) is 2.46. The van der Waals surface area contributed by atoms with Crippen LogP contribution in [0.1, 0.15) is 44.7 Å². The third kappa shape index (κ3) is 2.46. The van der Waals surface area contributed by atoms with Crippen LogP contribution in [0.15, 0.2) is 48.5 Å². The number of nitrogens with one attached hydrogen (secondary N) is 1. The Morgan fingerprint density at radius 1 is 0.714 bits per heavy atom. The molecule has 1 heterocycles. The van der Waals surface area contributed by atoms with Crippen LogP contribution in [0.5, 0.6) is 0 Å². The van der Waals surface area contributed by atoms with Crippen LogP contribution < -0.4 is 5.32 Å². The summed E-state index contributed by atoms with van der Waals surface area (Å²) in [7, 11) is 0. The number of hydrogen-bond acceptors (Lipinski definition) is 1. The van der Waals surface area contributed by atoms with E-state index in [-0.39, 0.29) is 0 Å². The highest BCUT2D eigenvalue weighted by Crippen LogP contribution is 2.48. The first kappa shape index (κ1) is 14.2. The standard InChI is InChI=1S/C20H25N/c1-13(2)19(14(3)4)20-15-9-5-7-11-17(15)21-18-12-8-6-10-16(18)20/h5-14,19-21H,1-4H3. The number of anilines is 2. The molecule has 21 heavy (non-hydrogen) atoms. The lowest BCUT2D eigenvalue weighted by Gasteiger charge is -2.39. The van der Waals surface area contributed by atoms with Gasteiger partial charge in [0.25, 0.3) is 0 Å². The molecule has 0 saturated heterocycles. The Hall–Kier alpha value is -1.76. The van der Waals surface area contributed by atoms with Crippen molar-refractivity contribution in [3.05, 3.63) is 59.7 Å². The van der Waals surface area contributed by atoms with Crippen molar-refractivity contribution in [2.45, 2.75) is 33.6 Å². The largest absolute Gasteiger partial charge is 0.355 e. The van der Waals surface area contributed by atoms with Gasteiger partial charge in [-0.05, 0) is 41.0 Å². The van der Waals surface area contributed by atoms with E-state index in [9.17, 15) is 0 Å². The summed E-state index contributed by atoms with van der Waals surface area (Å²) in [5, 5.41) is 3.60. The van der Waals surface area contributed by atoms with E-state index in [0.29, 0.717) is 23.7 Å². The van der Waals surface area contributed by atoms with Crippen molar-refractivity contribution in [1.82, 2.24) is 0 Å². The first-order valence-electron chi connectivity index (χ1n) is 8.04. The third-order valence-corrected chi connectivity index (χ3v) is 4.79. The molecule has 0 aromatic heterocycles. The van der Waals surface area contributed by atoms with Crippen molar-refractivity contribution in [3.8, 4) is 0 Å². The van der Waals surface area contributed by atoms with E-state index in [2.05, 4.69) is 81.5 Å². The van der Waals surface area contributed by atoms with E-state index in [1.54, 1.807) is 0 Å². The molecule has 0 spiro atoms. The Morgan fingerprint density at radius 2 is 1.14 bits per heavy atom. The van der Waals surface area contributed by atoms with E-state index < -0.39 is 0 Å². The van der Waals surface area contributed by atoms with Gasteiger partial charge in [0.15, 0.2) is 0 Å². The van der Waals surface area contributed by atoms with Gasteiger partial charge in [-0.25, -0.2) is 0 Å². The minimum absolute atomic E-state index is 0.485. The molecule has 1 nitrogen and oxygen atoms in total. The molecule has 1 N–H and O–H groups in total. The molecule has 3 rings (SSSR count). The second-order valence-corrected chi connectivity index (χ2v) is 6.84. The maximum Gasteiger partial charge on any atom is 0.0423 e. The molecular formula is C20H25N. The van der Waals surface area contributed by atoms with Crippen LogP contribution in [0, 0.1) is 17.8 Å². The minimum atomic E-state index is 0.485. The molecule has 110 valence electrons. The molecule has 0 fully saturated rings. The Bertz CT molecular complexity index is 574. The molecule has 0 aliphatic carbocycles. The predicted octanol–water partition coefficient (Wildman–Crippen LogP) is 5.80. The van der Waals surface area contributed by atoms with Gasteiger partial charge in [-0.3, -0.25) is 0 Å². The summed E-state index contributed by atoms with van der Waals surface area (Å²) in [4.78, 5) is 0. The zero-order valence-corrected chi connectivity index (χ0v) is 13.4. The van der Waals surface area contributed by atoms with E-state index >= 15 is 0 Å². The van der Waals surface area contributed by atoms with E-state index in [1.165, 1.54) is 22.5 Å². The maximum absolute atomic E-state index is 3.60. The average molecular weight is 279 g/mol. The van der Waals surface area contributed by atoms with Gasteiger partial charge in [0.1, 0.15) is 0 Å². The van der Waals surface area contributed by atoms with Crippen molar-refractivity contribution in [1.29, 1.82) is 0 Å². The second kappa shape index (κ2) is 5.55. The topological polar surface area (TPSA) is 12.0 Å². The Labute approximate surface area is 128 Å². The zero-order chi connectivity index (χ0) is 15.0. The van der Waals surface area contributed by atoms with E-state index in [0.717, 1.165) is 0 Å². The summed E-state index contributed by atoms with van der Waals surface area (Å²) < 4.78 is 0. The Balaban J connectivity index is 2.18. The lowest BCUT2D eigenvalue weighted by Crippen LogP contribution is -2.28. The minimum Gasteiger partial charge on any atom is -0.355 e. The molecule has 1 aliphatic heterocycles. The second-order valence-electron chi connectivity index (χ2n) is 6.84. The van der Waals surface area contributed by atoms with Crippen LogP contribution in [0.25, 0.3) is 0 Å². The molecule has 2 aromatic carbocycles. The van der Waals surface area contributed by atoms with Gasteiger partial charge in [-0.2, -0.15) is 0 Å². The van der Waals surface area contributed by atoms with Crippen LogP contribution in [0.4, 0.5) is 11.4 Å². The van der Waals surface area contributed by atoms with Gasteiger partial charge in [0.05, 0.1) is 0 Å². The summed E-state index contributed by atoms with van der Waals surface area (Å²) in [5.41, 5.74) is 5.44. The van der Waals surface area contributed by atoms with Crippen molar-refractivity contribution in [3.63, 3.8) is 0 Å². The van der Waals surface area contributed by atoms with Crippen LogP contribution >= 0.6 is 0 Å². The predicted molar refractivity (Wildman–Crippen MR) is 91.2 cm³/mol. The van der Waals surface area contributed by atoms with E-state index in [4.69, 9.17) is 0 Å². The van der Waals surface area contributed by atoms with Crippen LogP contribution in [-0.2, 0) is 0 Å². The fourth-order valence-electron chi connectivity index (χ4n) is 4.03. The third-order valence-electron chi connectivity index (χ3n) is 4.79.